The minimum absolute atomic E-state index is 0.732. The van der Waals surface area contributed by atoms with Crippen molar-refractivity contribution in [3.63, 3.8) is 0 Å². The molecule has 0 aliphatic rings. The van der Waals surface area contributed by atoms with E-state index in [4.69, 9.17) is 30.5 Å². The molecule has 5 aromatic carbocycles. The summed E-state index contributed by atoms with van der Waals surface area (Å²) in [5.74, 6) is 3.47. The highest BCUT2D eigenvalue weighted by molar-refractivity contribution is 6.30. The summed E-state index contributed by atoms with van der Waals surface area (Å²) < 4.78 is 20.3. The molecule has 0 fully saturated rings. The second-order valence-corrected chi connectivity index (χ2v) is 8.65. The second kappa shape index (κ2) is 15.8. The molecule has 0 radical (unpaired) electrons. The van der Waals surface area contributed by atoms with Crippen molar-refractivity contribution in [3.8, 4) is 45.3 Å². The van der Waals surface area contributed by atoms with Crippen molar-refractivity contribution in [2.24, 2.45) is 0 Å². The van der Waals surface area contributed by atoms with E-state index >= 15 is 0 Å². The van der Waals surface area contributed by atoms with E-state index in [1.807, 2.05) is 91.0 Å². The number of hydrogen-bond donors (Lipinski definition) is 0. The van der Waals surface area contributed by atoms with Crippen LogP contribution in [0.2, 0.25) is 5.02 Å². The number of benzene rings is 5. The number of hydrogen-bond acceptors (Lipinski definition) is 4. The van der Waals surface area contributed by atoms with Gasteiger partial charge in [-0.25, -0.2) is 0 Å². The van der Waals surface area contributed by atoms with Crippen molar-refractivity contribution in [2.75, 3.05) is 28.4 Å². The molecule has 0 saturated carbocycles. The summed E-state index contributed by atoms with van der Waals surface area (Å²) in [6, 6.07) is 41.6. The predicted octanol–water partition coefficient (Wildman–Crippen LogP) is 9.08. The maximum Gasteiger partial charge on any atom is 0.118 e. The first-order chi connectivity index (χ1) is 19.1. The van der Waals surface area contributed by atoms with Gasteiger partial charge < -0.3 is 18.9 Å². The first kappa shape index (κ1) is 29.2. The highest BCUT2D eigenvalue weighted by Crippen LogP contribution is 2.24. The van der Waals surface area contributed by atoms with Crippen LogP contribution in [0.5, 0.6) is 23.0 Å². The van der Waals surface area contributed by atoms with Gasteiger partial charge in [0.1, 0.15) is 23.0 Å². The third kappa shape index (κ3) is 9.44. The van der Waals surface area contributed by atoms with Gasteiger partial charge in [-0.15, -0.1) is 0 Å². The van der Waals surface area contributed by atoms with E-state index in [9.17, 15) is 0 Å². The van der Waals surface area contributed by atoms with Crippen molar-refractivity contribution in [1.82, 2.24) is 0 Å². The molecule has 5 heteroatoms. The van der Waals surface area contributed by atoms with Crippen LogP contribution in [-0.4, -0.2) is 28.4 Å². The van der Waals surface area contributed by atoms with Gasteiger partial charge in [0.05, 0.1) is 28.4 Å². The predicted molar refractivity (Wildman–Crippen MR) is 161 cm³/mol. The lowest BCUT2D eigenvalue weighted by Gasteiger charge is -2.05. The van der Waals surface area contributed by atoms with E-state index in [1.54, 1.807) is 40.6 Å². The Morgan fingerprint density at radius 3 is 0.872 bits per heavy atom. The van der Waals surface area contributed by atoms with E-state index in [-0.39, 0.29) is 0 Å². The van der Waals surface area contributed by atoms with Crippen LogP contribution in [0.4, 0.5) is 0 Å². The Labute approximate surface area is 236 Å². The first-order valence-corrected chi connectivity index (χ1v) is 12.7. The smallest absolute Gasteiger partial charge is 0.118 e. The molecular weight excluding hydrogens is 508 g/mol. The number of methoxy groups -OCH3 is 4. The second-order valence-electron chi connectivity index (χ2n) is 8.21. The fraction of sp³-hybridized carbons (Fsp3) is 0.118. The summed E-state index contributed by atoms with van der Waals surface area (Å²) in [5.41, 5.74) is 4.79. The topological polar surface area (TPSA) is 36.9 Å². The van der Waals surface area contributed by atoms with E-state index in [2.05, 4.69) is 24.3 Å². The normalized spacial score (nSPS) is 9.67. The summed E-state index contributed by atoms with van der Waals surface area (Å²) in [7, 11) is 6.64. The molecule has 200 valence electrons. The summed E-state index contributed by atoms with van der Waals surface area (Å²) in [5, 5.41) is 0.732. The van der Waals surface area contributed by atoms with Gasteiger partial charge in [0.25, 0.3) is 0 Å². The molecule has 0 spiro atoms. The van der Waals surface area contributed by atoms with Crippen molar-refractivity contribution < 1.29 is 18.9 Å². The van der Waals surface area contributed by atoms with Crippen molar-refractivity contribution in [2.45, 2.75) is 0 Å². The van der Waals surface area contributed by atoms with Gasteiger partial charge in [-0.1, -0.05) is 78.3 Å². The molecule has 0 aliphatic heterocycles. The van der Waals surface area contributed by atoms with E-state index in [1.165, 1.54) is 22.3 Å². The van der Waals surface area contributed by atoms with Crippen LogP contribution in [0.15, 0.2) is 127 Å². The fourth-order valence-corrected chi connectivity index (χ4v) is 3.68. The van der Waals surface area contributed by atoms with E-state index in [0.29, 0.717) is 0 Å². The standard InChI is InChI=1S/C14H14O2.C13H12O.C7H7ClO/c1-15-13-7-3-11(4-8-13)12-5-9-14(16-2)10-6-12;1-14-13-9-7-12(8-10-13)11-5-3-2-4-6-11;1-9-7-4-2-6(8)3-5-7/h3-10H,1-2H3;2-10H,1H3;2-5H,1H3. The molecule has 0 atom stereocenters. The number of rotatable bonds is 6. The molecular formula is C34H33ClO4. The molecule has 0 saturated heterocycles. The SMILES string of the molecule is COc1ccc(-c2ccc(OC)cc2)cc1.COc1ccc(-c2ccccc2)cc1.COc1ccc(Cl)cc1. The van der Waals surface area contributed by atoms with Crippen LogP contribution in [0.25, 0.3) is 22.3 Å². The fourth-order valence-electron chi connectivity index (χ4n) is 3.55. The quantitative estimate of drug-likeness (QED) is 0.215. The molecule has 0 amide bonds. The minimum atomic E-state index is 0.732. The maximum absolute atomic E-state index is 5.61. The van der Waals surface area contributed by atoms with Crippen LogP contribution in [0, 0.1) is 0 Å². The van der Waals surface area contributed by atoms with Crippen molar-refractivity contribution in [1.29, 1.82) is 0 Å². The van der Waals surface area contributed by atoms with Crippen molar-refractivity contribution in [3.05, 3.63) is 132 Å². The molecule has 0 unspecified atom stereocenters. The van der Waals surface area contributed by atoms with E-state index < -0.39 is 0 Å². The van der Waals surface area contributed by atoms with Gasteiger partial charge in [-0.2, -0.15) is 0 Å². The Morgan fingerprint density at radius 2 is 0.590 bits per heavy atom. The highest BCUT2D eigenvalue weighted by Gasteiger charge is 1.99. The zero-order valence-corrected chi connectivity index (χ0v) is 23.4. The summed E-state index contributed by atoms with van der Waals surface area (Å²) in [4.78, 5) is 0. The van der Waals surface area contributed by atoms with Gasteiger partial charge >= 0.3 is 0 Å². The Bertz CT molecular complexity index is 1310. The summed E-state index contributed by atoms with van der Waals surface area (Å²) in [6.45, 7) is 0. The Hall–Kier alpha value is -4.41. The van der Waals surface area contributed by atoms with Gasteiger partial charge in [0.15, 0.2) is 0 Å². The van der Waals surface area contributed by atoms with Gasteiger partial charge in [0, 0.05) is 5.02 Å². The third-order valence-corrected chi connectivity index (χ3v) is 6.01. The first-order valence-electron chi connectivity index (χ1n) is 12.3. The van der Waals surface area contributed by atoms with Crippen LogP contribution >= 0.6 is 11.6 Å². The molecule has 4 nitrogen and oxygen atoms in total. The minimum Gasteiger partial charge on any atom is -0.497 e. The largest absolute Gasteiger partial charge is 0.497 e. The Morgan fingerprint density at radius 1 is 0.333 bits per heavy atom. The van der Waals surface area contributed by atoms with Crippen LogP contribution in [0.3, 0.4) is 0 Å². The average molecular weight is 541 g/mol. The monoisotopic (exact) mass is 540 g/mol. The molecule has 0 aromatic heterocycles. The van der Waals surface area contributed by atoms with Crippen molar-refractivity contribution >= 4 is 11.6 Å². The lowest BCUT2D eigenvalue weighted by molar-refractivity contribution is 0.414. The van der Waals surface area contributed by atoms with Crippen LogP contribution < -0.4 is 18.9 Å². The number of halogens is 1. The Balaban J connectivity index is 0.000000168. The molecule has 5 aromatic rings. The lowest BCUT2D eigenvalue weighted by atomic mass is 10.1. The number of ether oxygens (including phenoxy) is 4. The molecule has 39 heavy (non-hydrogen) atoms. The van der Waals surface area contributed by atoms with Gasteiger partial charge in [0.2, 0.25) is 0 Å². The zero-order chi connectivity index (χ0) is 27.9. The molecule has 0 bridgehead atoms. The maximum atomic E-state index is 5.61. The van der Waals surface area contributed by atoms with Gasteiger partial charge in [-0.3, -0.25) is 0 Å². The Kier molecular flexibility index (Phi) is 11.8. The van der Waals surface area contributed by atoms with Gasteiger partial charge in [-0.05, 0) is 82.9 Å². The molecule has 0 heterocycles. The third-order valence-electron chi connectivity index (χ3n) is 5.76. The molecule has 5 rings (SSSR count). The van der Waals surface area contributed by atoms with Crippen LogP contribution in [-0.2, 0) is 0 Å². The average Bonchev–Trinajstić information content (AvgIpc) is 3.02. The summed E-state index contributed by atoms with van der Waals surface area (Å²) >= 11 is 5.61. The highest BCUT2D eigenvalue weighted by atomic mass is 35.5. The zero-order valence-electron chi connectivity index (χ0n) is 22.6. The summed E-state index contributed by atoms with van der Waals surface area (Å²) in [6.07, 6.45) is 0. The molecule has 0 aliphatic carbocycles. The van der Waals surface area contributed by atoms with E-state index in [0.717, 1.165) is 28.0 Å². The molecule has 0 N–H and O–H groups in total. The lowest BCUT2D eigenvalue weighted by Crippen LogP contribution is -1.84. The van der Waals surface area contributed by atoms with Crippen LogP contribution in [0.1, 0.15) is 0 Å².